The van der Waals surface area contributed by atoms with Crippen LogP contribution in [0.1, 0.15) is 43.5 Å². The Bertz CT molecular complexity index is 471. The average Bonchev–Trinajstić information content (AvgIpc) is 2.67. The molecule has 2 fully saturated rings. The average molecular weight is 297 g/mol. The smallest absolute Gasteiger partial charge is 0.0860 e. The van der Waals surface area contributed by atoms with E-state index in [0.29, 0.717) is 5.54 Å². The lowest BCUT2D eigenvalue weighted by molar-refractivity contribution is 0.0928. The lowest BCUT2D eigenvalue weighted by Crippen LogP contribution is -2.60. The number of hydrogen-bond donors (Lipinski definition) is 1. The van der Waals surface area contributed by atoms with Gasteiger partial charge in [-0.1, -0.05) is 30.9 Å². The first kappa shape index (κ1) is 14.4. The summed E-state index contributed by atoms with van der Waals surface area (Å²) in [6.45, 7) is 6.23. The molecule has 1 spiro atoms. The molecule has 1 aliphatic heterocycles. The van der Waals surface area contributed by atoms with Gasteiger partial charge in [0, 0.05) is 38.8 Å². The second kappa shape index (κ2) is 5.66. The zero-order chi connectivity index (χ0) is 14.2. The summed E-state index contributed by atoms with van der Waals surface area (Å²) in [6.07, 6.45) is 6.78. The van der Waals surface area contributed by atoms with E-state index < -0.39 is 0 Å². The molecule has 5 heteroatoms. The van der Waals surface area contributed by atoms with Gasteiger partial charge in [0.05, 0.1) is 16.4 Å². The van der Waals surface area contributed by atoms with E-state index in [0.717, 1.165) is 42.6 Å². The molecule has 0 amide bonds. The molecule has 0 unspecified atom stereocenters. The number of nitrogens with zero attached hydrogens (tertiary/aromatic N) is 3. The van der Waals surface area contributed by atoms with E-state index in [-0.39, 0.29) is 0 Å². The van der Waals surface area contributed by atoms with Crippen LogP contribution in [0.5, 0.6) is 0 Å². The number of aromatic nitrogens is 2. The number of hydrogen-bond acceptors (Lipinski definition) is 3. The fourth-order valence-electron chi connectivity index (χ4n) is 3.80. The molecule has 1 aromatic heterocycles. The van der Waals surface area contributed by atoms with Gasteiger partial charge in [-0.05, 0) is 19.8 Å². The minimum atomic E-state index is 0.358. The van der Waals surface area contributed by atoms with Gasteiger partial charge in [-0.3, -0.25) is 9.58 Å². The fraction of sp³-hybridized carbons (Fsp3) is 0.800. The Morgan fingerprint density at radius 2 is 2.05 bits per heavy atom. The topological polar surface area (TPSA) is 33.1 Å². The lowest BCUT2D eigenvalue weighted by Gasteiger charge is -2.46. The van der Waals surface area contributed by atoms with Gasteiger partial charge in [-0.25, -0.2) is 0 Å². The predicted octanol–water partition coefficient (Wildman–Crippen LogP) is 2.49. The molecular formula is C15H25ClN4. The van der Waals surface area contributed by atoms with Gasteiger partial charge in [0.2, 0.25) is 0 Å². The van der Waals surface area contributed by atoms with Crippen LogP contribution in [0, 0.1) is 6.92 Å². The Balaban J connectivity index is 1.71. The summed E-state index contributed by atoms with van der Waals surface area (Å²) in [5.74, 6) is 0. The first-order valence-electron chi connectivity index (χ1n) is 7.75. The summed E-state index contributed by atoms with van der Waals surface area (Å²) in [5.41, 5.74) is 2.44. The number of rotatable bonds is 2. The number of piperazine rings is 1. The minimum Gasteiger partial charge on any atom is -0.309 e. The van der Waals surface area contributed by atoms with Crippen molar-refractivity contribution in [3.8, 4) is 0 Å². The van der Waals surface area contributed by atoms with Crippen molar-refractivity contribution in [1.29, 1.82) is 0 Å². The second-order valence-electron chi connectivity index (χ2n) is 6.45. The van der Waals surface area contributed by atoms with E-state index in [1.165, 1.54) is 32.1 Å². The largest absolute Gasteiger partial charge is 0.309 e. The van der Waals surface area contributed by atoms with E-state index >= 15 is 0 Å². The van der Waals surface area contributed by atoms with Gasteiger partial charge in [-0.15, -0.1) is 0 Å². The molecule has 3 rings (SSSR count). The molecule has 0 radical (unpaired) electrons. The molecule has 2 heterocycles. The van der Waals surface area contributed by atoms with E-state index in [1.54, 1.807) is 0 Å². The molecule has 0 atom stereocenters. The third-order valence-electron chi connectivity index (χ3n) is 4.90. The predicted molar refractivity (Wildman–Crippen MR) is 82.1 cm³/mol. The first-order chi connectivity index (χ1) is 9.60. The lowest BCUT2D eigenvalue weighted by atomic mass is 9.80. The molecule has 112 valence electrons. The molecule has 0 aromatic carbocycles. The summed E-state index contributed by atoms with van der Waals surface area (Å²) >= 11 is 6.38. The molecule has 4 nitrogen and oxygen atoms in total. The van der Waals surface area contributed by atoms with Crippen molar-refractivity contribution >= 4 is 11.6 Å². The van der Waals surface area contributed by atoms with E-state index in [1.807, 2.05) is 18.7 Å². The summed E-state index contributed by atoms with van der Waals surface area (Å²) in [6, 6.07) is 0. The normalized spacial score (nSPS) is 23.4. The van der Waals surface area contributed by atoms with Crippen LogP contribution in [0.3, 0.4) is 0 Å². The number of nitrogens with one attached hydrogen (secondary N) is 1. The molecule has 1 saturated heterocycles. The van der Waals surface area contributed by atoms with Crippen LogP contribution in [0.4, 0.5) is 0 Å². The van der Waals surface area contributed by atoms with Crippen LogP contribution in [0.25, 0.3) is 0 Å². The highest BCUT2D eigenvalue weighted by molar-refractivity contribution is 6.31. The third kappa shape index (κ3) is 2.74. The van der Waals surface area contributed by atoms with E-state index in [4.69, 9.17) is 11.6 Å². The Kier molecular flexibility index (Phi) is 4.07. The maximum absolute atomic E-state index is 6.38. The van der Waals surface area contributed by atoms with E-state index in [2.05, 4.69) is 15.3 Å². The van der Waals surface area contributed by atoms with Crippen molar-refractivity contribution in [1.82, 2.24) is 20.0 Å². The molecule has 1 N–H and O–H groups in total. The Labute approximate surface area is 126 Å². The van der Waals surface area contributed by atoms with Crippen molar-refractivity contribution in [2.45, 2.75) is 51.1 Å². The zero-order valence-corrected chi connectivity index (χ0v) is 13.3. The summed E-state index contributed by atoms with van der Waals surface area (Å²) in [4.78, 5) is 2.55. The first-order valence-corrected chi connectivity index (χ1v) is 8.13. The highest BCUT2D eigenvalue weighted by Crippen LogP contribution is 2.31. The molecule has 20 heavy (non-hydrogen) atoms. The van der Waals surface area contributed by atoms with Crippen LogP contribution in [0.2, 0.25) is 5.02 Å². The maximum Gasteiger partial charge on any atom is 0.0860 e. The van der Waals surface area contributed by atoms with Gasteiger partial charge in [-0.2, -0.15) is 5.10 Å². The van der Waals surface area contributed by atoms with Gasteiger partial charge >= 0.3 is 0 Å². The van der Waals surface area contributed by atoms with Crippen molar-refractivity contribution in [3.63, 3.8) is 0 Å². The fourth-order valence-corrected chi connectivity index (χ4v) is 4.02. The highest BCUT2D eigenvalue weighted by atomic mass is 35.5. The SMILES string of the molecule is Cc1nn(C)c(CN2CCNC3(CCCCC3)C2)c1Cl. The molecular weight excluding hydrogens is 272 g/mol. The molecule has 0 bridgehead atoms. The van der Waals surface area contributed by atoms with Crippen LogP contribution >= 0.6 is 11.6 Å². The summed E-state index contributed by atoms with van der Waals surface area (Å²) in [7, 11) is 1.99. The van der Waals surface area contributed by atoms with Gasteiger partial charge in [0.15, 0.2) is 0 Å². The van der Waals surface area contributed by atoms with Crippen LogP contribution < -0.4 is 5.32 Å². The monoisotopic (exact) mass is 296 g/mol. The number of halogens is 1. The van der Waals surface area contributed by atoms with Crippen molar-refractivity contribution in [2.75, 3.05) is 19.6 Å². The van der Waals surface area contributed by atoms with Crippen LogP contribution in [-0.2, 0) is 13.6 Å². The maximum atomic E-state index is 6.38. The Morgan fingerprint density at radius 1 is 1.30 bits per heavy atom. The summed E-state index contributed by atoms with van der Waals surface area (Å²) < 4.78 is 1.94. The zero-order valence-electron chi connectivity index (χ0n) is 12.6. The Hall–Kier alpha value is -0.580. The quantitative estimate of drug-likeness (QED) is 0.910. The molecule has 1 aromatic rings. The van der Waals surface area contributed by atoms with Crippen molar-refractivity contribution in [3.05, 3.63) is 16.4 Å². The van der Waals surface area contributed by atoms with Crippen molar-refractivity contribution in [2.24, 2.45) is 7.05 Å². The molecule has 1 saturated carbocycles. The van der Waals surface area contributed by atoms with E-state index in [9.17, 15) is 0 Å². The van der Waals surface area contributed by atoms with Gasteiger partial charge in [0.1, 0.15) is 0 Å². The van der Waals surface area contributed by atoms with Gasteiger partial charge in [0.25, 0.3) is 0 Å². The number of aryl methyl sites for hydroxylation is 2. The van der Waals surface area contributed by atoms with Gasteiger partial charge < -0.3 is 5.32 Å². The minimum absolute atomic E-state index is 0.358. The van der Waals surface area contributed by atoms with Crippen molar-refractivity contribution < 1.29 is 0 Å². The van der Waals surface area contributed by atoms with Crippen LogP contribution in [-0.4, -0.2) is 39.9 Å². The molecule has 1 aliphatic carbocycles. The third-order valence-corrected chi connectivity index (χ3v) is 5.39. The van der Waals surface area contributed by atoms with Crippen LogP contribution in [0.15, 0.2) is 0 Å². The second-order valence-corrected chi connectivity index (χ2v) is 6.83. The molecule has 2 aliphatic rings. The standard InChI is InChI=1S/C15H25ClN4/c1-12-14(16)13(19(2)18-12)10-20-9-8-17-15(11-20)6-4-3-5-7-15/h17H,3-11H2,1-2H3. The highest BCUT2D eigenvalue weighted by Gasteiger charge is 2.36. The summed E-state index contributed by atoms with van der Waals surface area (Å²) in [5, 5.41) is 9.05. The Morgan fingerprint density at radius 3 is 2.70 bits per heavy atom.